The van der Waals surface area contributed by atoms with Crippen LogP contribution >= 0.6 is 0 Å². The Hall–Kier alpha value is -3.78. The number of likely N-dealkylation sites (tertiary alicyclic amines) is 1. The number of hydrogen-bond donors (Lipinski definition) is 3. The highest BCUT2D eigenvalue weighted by atomic mass is 19.1. The number of carbonyl (C=O) groups is 3. The molecule has 3 heterocycles. The smallest absolute Gasteiger partial charge is 0.254 e. The van der Waals surface area contributed by atoms with Crippen molar-refractivity contribution in [3.8, 4) is 0 Å². The van der Waals surface area contributed by atoms with Crippen molar-refractivity contribution in [1.82, 2.24) is 20.5 Å². The van der Waals surface area contributed by atoms with Gasteiger partial charge in [-0.15, -0.1) is 0 Å². The van der Waals surface area contributed by atoms with Crippen molar-refractivity contribution in [2.75, 3.05) is 19.6 Å². The zero-order valence-electron chi connectivity index (χ0n) is 23.2. The molecule has 3 aromatic rings. The van der Waals surface area contributed by atoms with Gasteiger partial charge < -0.3 is 15.6 Å². The third-order valence-electron chi connectivity index (χ3n) is 8.15. The molecule has 0 saturated carbocycles. The van der Waals surface area contributed by atoms with Gasteiger partial charge in [0.2, 0.25) is 5.91 Å². The first-order chi connectivity index (χ1) is 19.3. The normalized spacial score (nSPS) is 19.3. The molecule has 0 radical (unpaired) electrons. The maximum atomic E-state index is 14.9. The van der Waals surface area contributed by atoms with Gasteiger partial charge in [0, 0.05) is 42.7 Å². The lowest BCUT2D eigenvalue weighted by Gasteiger charge is -2.29. The molecule has 3 N–H and O–H groups in total. The predicted octanol–water partition coefficient (Wildman–Crippen LogP) is 4.99. The molecular weight excluding hydrogens is 507 g/mol. The maximum Gasteiger partial charge on any atom is 0.254 e. The van der Waals surface area contributed by atoms with Gasteiger partial charge in [-0.3, -0.25) is 19.3 Å². The molecule has 5 rings (SSSR count). The Morgan fingerprint density at radius 2 is 1.85 bits per heavy atom. The number of Topliss-reactive ketones (excluding diaryl/α,β-unsaturated/α-hetero) is 1. The van der Waals surface area contributed by atoms with E-state index in [1.165, 1.54) is 31.0 Å². The fraction of sp³-hybridized carbons (Fsp3) is 0.406. The summed E-state index contributed by atoms with van der Waals surface area (Å²) in [6, 6.07) is 11.4. The van der Waals surface area contributed by atoms with Gasteiger partial charge in [-0.2, -0.15) is 0 Å². The van der Waals surface area contributed by atoms with E-state index in [1.807, 2.05) is 30.5 Å². The van der Waals surface area contributed by atoms with Crippen LogP contribution in [0, 0.1) is 5.82 Å². The minimum absolute atomic E-state index is 0.0947. The van der Waals surface area contributed by atoms with Crippen molar-refractivity contribution in [3.05, 3.63) is 82.3 Å². The second kappa shape index (κ2) is 12.2. The number of halogens is 1. The van der Waals surface area contributed by atoms with Crippen molar-refractivity contribution >= 4 is 28.5 Å². The molecule has 2 aromatic carbocycles. The molecule has 40 heavy (non-hydrogen) atoms. The first kappa shape index (κ1) is 27.8. The molecule has 1 aromatic heterocycles. The quantitative estimate of drug-likeness (QED) is 0.372. The Kier molecular flexibility index (Phi) is 8.45. The molecule has 2 amide bonds. The molecule has 210 valence electrons. The number of H-pyrrole nitrogens is 1. The monoisotopic (exact) mass is 544 g/mol. The van der Waals surface area contributed by atoms with Crippen molar-refractivity contribution in [1.29, 1.82) is 0 Å². The van der Waals surface area contributed by atoms with Gasteiger partial charge in [-0.1, -0.05) is 30.5 Å². The zero-order valence-corrected chi connectivity index (χ0v) is 23.2. The maximum absolute atomic E-state index is 14.9. The van der Waals surface area contributed by atoms with E-state index in [-0.39, 0.29) is 36.1 Å². The van der Waals surface area contributed by atoms with Gasteiger partial charge in [0.15, 0.2) is 5.78 Å². The molecule has 1 saturated heterocycles. The van der Waals surface area contributed by atoms with E-state index >= 15 is 0 Å². The number of amides is 2. The molecule has 0 spiro atoms. The number of ketones is 1. The third kappa shape index (κ3) is 6.17. The number of aromatic amines is 1. The summed E-state index contributed by atoms with van der Waals surface area (Å²) in [4.78, 5) is 44.7. The van der Waals surface area contributed by atoms with Crippen LogP contribution < -0.4 is 10.6 Å². The van der Waals surface area contributed by atoms with E-state index in [9.17, 15) is 18.8 Å². The lowest BCUT2D eigenvalue weighted by atomic mass is 9.85. The van der Waals surface area contributed by atoms with Crippen LogP contribution in [-0.2, 0) is 16.0 Å². The first-order valence-electron chi connectivity index (χ1n) is 14.2. The van der Waals surface area contributed by atoms with Gasteiger partial charge in [-0.25, -0.2) is 4.39 Å². The van der Waals surface area contributed by atoms with Crippen molar-refractivity contribution in [2.24, 2.45) is 0 Å². The summed E-state index contributed by atoms with van der Waals surface area (Å²) in [6.45, 7) is 6.29. The SMILES string of the molecule is CC1=C(C(=O)Cc2ccc3[nH]ccc3c2)C(c2ccc(F)c(C(=O)NCC(C)N3CCCCCC3)c2)NC(=O)C1. The molecule has 8 heteroatoms. The summed E-state index contributed by atoms with van der Waals surface area (Å²) in [5, 5.41) is 6.82. The summed E-state index contributed by atoms with van der Waals surface area (Å²) in [6.07, 6.45) is 6.90. The first-order valence-corrected chi connectivity index (χ1v) is 14.2. The summed E-state index contributed by atoms with van der Waals surface area (Å²) in [5.74, 6) is -1.47. The van der Waals surface area contributed by atoms with Crippen LogP contribution in [0.5, 0.6) is 0 Å². The van der Waals surface area contributed by atoms with Crippen LogP contribution in [0.25, 0.3) is 10.9 Å². The lowest BCUT2D eigenvalue weighted by Crippen LogP contribution is -2.42. The standard InChI is InChI=1S/C32H37FN4O3/c1-20-15-29(39)36-31(30(20)28(38)17-22-7-10-27-23(16-22)11-12-34-27)24-8-9-26(33)25(18-24)32(40)35-19-21(2)37-13-5-3-4-6-14-37/h7-12,16,18,21,31,34H,3-6,13-15,17,19H2,1-2H3,(H,35,40)(H,36,39). The zero-order chi connectivity index (χ0) is 28.2. The lowest BCUT2D eigenvalue weighted by molar-refractivity contribution is -0.121. The van der Waals surface area contributed by atoms with Crippen LogP contribution in [0.3, 0.4) is 0 Å². The molecule has 2 unspecified atom stereocenters. The summed E-state index contributed by atoms with van der Waals surface area (Å²) in [5.41, 5.74) is 3.44. The van der Waals surface area contributed by atoms with E-state index in [1.54, 1.807) is 6.92 Å². The van der Waals surface area contributed by atoms with Crippen LogP contribution in [0.2, 0.25) is 0 Å². The highest BCUT2D eigenvalue weighted by Gasteiger charge is 2.32. The molecular formula is C32H37FN4O3. The number of nitrogens with one attached hydrogen (secondary N) is 3. The molecule has 7 nitrogen and oxygen atoms in total. The van der Waals surface area contributed by atoms with E-state index in [2.05, 4.69) is 27.4 Å². The Bertz CT molecular complexity index is 1450. The number of fused-ring (bicyclic) bond motifs is 1. The Balaban J connectivity index is 1.34. The Morgan fingerprint density at radius 3 is 2.62 bits per heavy atom. The second-order valence-electron chi connectivity index (χ2n) is 11.1. The summed E-state index contributed by atoms with van der Waals surface area (Å²) in [7, 11) is 0. The minimum Gasteiger partial charge on any atom is -0.361 e. The van der Waals surface area contributed by atoms with Crippen molar-refractivity contribution in [2.45, 2.75) is 64.5 Å². The fourth-order valence-electron chi connectivity index (χ4n) is 5.91. The average Bonchev–Trinajstić information content (AvgIpc) is 3.22. The number of carbonyl (C=O) groups excluding carboxylic acids is 3. The van der Waals surface area contributed by atoms with Crippen LogP contribution in [-0.4, -0.2) is 53.2 Å². The summed E-state index contributed by atoms with van der Waals surface area (Å²) >= 11 is 0. The molecule has 0 aliphatic carbocycles. The van der Waals surface area contributed by atoms with E-state index in [0.717, 1.165) is 42.4 Å². The Labute approximate surface area is 234 Å². The van der Waals surface area contributed by atoms with Gasteiger partial charge in [0.1, 0.15) is 5.82 Å². The van der Waals surface area contributed by atoms with Gasteiger partial charge >= 0.3 is 0 Å². The number of benzene rings is 2. The molecule has 2 aliphatic heterocycles. The topological polar surface area (TPSA) is 94.3 Å². The van der Waals surface area contributed by atoms with Crippen molar-refractivity contribution < 1.29 is 18.8 Å². The number of hydrogen-bond acceptors (Lipinski definition) is 4. The highest BCUT2D eigenvalue weighted by molar-refractivity contribution is 6.02. The van der Waals surface area contributed by atoms with Crippen LogP contribution in [0.1, 0.15) is 73.5 Å². The molecule has 1 fully saturated rings. The van der Waals surface area contributed by atoms with E-state index in [4.69, 9.17) is 0 Å². The summed E-state index contributed by atoms with van der Waals surface area (Å²) < 4.78 is 14.9. The Morgan fingerprint density at radius 1 is 1.07 bits per heavy atom. The third-order valence-corrected chi connectivity index (χ3v) is 8.15. The highest BCUT2D eigenvalue weighted by Crippen LogP contribution is 2.32. The van der Waals surface area contributed by atoms with Crippen LogP contribution in [0.4, 0.5) is 4.39 Å². The molecule has 0 bridgehead atoms. The minimum atomic E-state index is -0.757. The molecule has 2 aliphatic rings. The number of aromatic nitrogens is 1. The van der Waals surface area contributed by atoms with Crippen LogP contribution in [0.15, 0.2) is 59.8 Å². The van der Waals surface area contributed by atoms with E-state index < -0.39 is 17.8 Å². The largest absolute Gasteiger partial charge is 0.361 e. The predicted molar refractivity (Wildman–Crippen MR) is 153 cm³/mol. The van der Waals surface area contributed by atoms with Gasteiger partial charge in [-0.05, 0) is 86.6 Å². The van der Waals surface area contributed by atoms with Gasteiger partial charge in [0.05, 0.1) is 11.6 Å². The number of rotatable bonds is 8. The average molecular weight is 545 g/mol. The van der Waals surface area contributed by atoms with Crippen molar-refractivity contribution in [3.63, 3.8) is 0 Å². The van der Waals surface area contributed by atoms with Gasteiger partial charge in [0.25, 0.3) is 5.91 Å². The van der Waals surface area contributed by atoms with E-state index in [0.29, 0.717) is 23.3 Å². The number of nitrogens with zero attached hydrogens (tertiary/aromatic N) is 1. The second-order valence-corrected chi connectivity index (χ2v) is 11.1. The fourth-order valence-corrected chi connectivity index (χ4v) is 5.91. The molecule has 2 atom stereocenters.